The number of amides is 1. The number of carbonyl (C=O) groups excluding carboxylic acids is 1. The van der Waals surface area contributed by atoms with Crippen LogP contribution in [0, 0.1) is 0 Å². The molecule has 1 heterocycles. The molecule has 1 saturated heterocycles. The number of rotatable bonds is 2. The van der Waals surface area contributed by atoms with Gasteiger partial charge in [0.2, 0.25) is 5.91 Å². The second-order valence-corrected chi connectivity index (χ2v) is 4.89. The lowest BCUT2D eigenvalue weighted by Gasteiger charge is -2.45. The quantitative estimate of drug-likeness (QED) is 0.654. The molecule has 1 fully saturated rings. The number of nitrogens with one attached hydrogen (secondary N) is 1. The van der Waals surface area contributed by atoms with Gasteiger partial charge in [0.05, 0.1) is 0 Å². The van der Waals surface area contributed by atoms with Gasteiger partial charge in [-0.3, -0.25) is 9.69 Å². The molecule has 4 nitrogen and oxygen atoms in total. The molecule has 0 radical (unpaired) electrons. The van der Waals surface area contributed by atoms with Gasteiger partial charge in [0.1, 0.15) is 6.04 Å². The maximum atomic E-state index is 11.7. The van der Waals surface area contributed by atoms with E-state index in [1.54, 1.807) is 0 Å². The van der Waals surface area contributed by atoms with Crippen molar-refractivity contribution in [2.75, 3.05) is 13.1 Å². The molecule has 1 aliphatic rings. The molecule has 1 amide bonds. The highest BCUT2D eigenvalue weighted by Crippen LogP contribution is 2.17. The van der Waals surface area contributed by atoms with Gasteiger partial charge in [-0.2, -0.15) is 0 Å². The van der Waals surface area contributed by atoms with Crippen molar-refractivity contribution in [3.05, 3.63) is 0 Å². The Bertz CT molecular complexity index is 225. The van der Waals surface area contributed by atoms with Crippen LogP contribution in [0.1, 0.15) is 27.7 Å². The predicted molar refractivity (Wildman–Crippen MR) is 56.9 cm³/mol. The Morgan fingerprint density at radius 1 is 1.64 bits per heavy atom. The lowest BCUT2D eigenvalue weighted by atomic mass is 9.97. The largest absolute Gasteiger partial charge is 0.349 e. The van der Waals surface area contributed by atoms with E-state index < -0.39 is 0 Å². The lowest BCUT2D eigenvalue weighted by Crippen LogP contribution is -2.67. The Balaban J connectivity index is 2.83. The number of carbonyl (C=O) groups is 1. The van der Waals surface area contributed by atoms with Gasteiger partial charge in [-0.25, -0.2) is 0 Å². The van der Waals surface area contributed by atoms with E-state index in [4.69, 9.17) is 5.73 Å². The van der Waals surface area contributed by atoms with Gasteiger partial charge in [-0.1, -0.05) is 0 Å². The van der Waals surface area contributed by atoms with Crippen LogP contribution in [-0.4, -0.2) is 41.5 Å². The van der Waals surface area contributed by atoms with Crippen molar-refractivity contribution >= 4 is 5.91 Å². The van der Waals surface area contributed by atoms with Gasteiger partial charge >= 0.3 is 0 Å². The topological polar surface area (TPSA) is 58.4 Å². The highest BCUT2D eigenvalue weighted by atomic mass is 16.2. The normalized spacial score (nSPS) is 27.9. The summed E-state index contributed by atoms with van der Waals surface area (Å²) in [6.45, 7) is 9.51. The first-order valence-corrected chi connectivity index (χ1v) is 5.15. The number of nitrogens with two attached hydrogens (primary N) is 1. The third kappa shape index (κ3) is 2.25. The second-order valence-electron chi connectivity index (χ2n) is 4.89. The number of nitrogens with zero attached hydrogens (tertiary/aromatic N) is 1. The Morgan fingerprint density at radius 3 is 2.64 bits per heavy atom. The molecule has 1 aliphatic heterocycles. The highest BCUT2D eigenvalue weighted by molar-refractivity contribution is 5.83. The summed E-state index contributed by atoms with van der Waals surface area (Å²) >= 11 is 0. The first kappa shape index (κ1) is 11.5. The number of hydrogen-bond donors (Lipinski definition) is 2. The minimum absolute atomic E-state index is 0.0532. The second kappa shape index (κ2) is 3.87. The minimum atomic E-state index is -0.164. The zero-order valence-electron chi connectivity index (χ0n) is 9.50. The highest BCUT2D eigenvalue weighted by Gasteiger charge is 2.38. The number of hydrogen-bond acceptors (Lipinski definition) is 3. The molecule has 3 N–H and O–H groups in total. The van der Waals surface area contributed by atoms with Gasteiger partial charge in [-0.15, -0.1) is 0 Å². The Kier molecular flexibility index (Phi) is 3.17. The van der Waals surface area contributed by atoms with E-state index in [-0.39, 0.29) is 17.5 Å². The van der Waals surface area contributed by atoms with Crippen LogP contribution in [-0.2, 0) is 4.79 Å². The average molecular weight is 199 g/mol. The molecule has 0 aliphatic carbocycles. The fourth-order valence-electron chi connectivity index (χ4n) is 1.96. The fraction of sp³-hybridized carbons (Fsp3) is 0.900. The molecule has 0 aromatic rings. The van der Waals surface area contributed by atoms with E-state index in [0.29, 0.717) is 12.6 Å². The lowest BCUT2D eigenvalue weighted by molar-refractivity contribution is -0.133. The molecule has 1 unspecified atom stereocenters. The van der Waals surface area contributed by atoms with Crippen molar-refractivity contribution in [2.45, 2.75) is 45.3 Å². The zero-order valence-corrected chi connectivity index (χ0v) is 9.50. The first-order chi connectivity index (χ1) is 6.37. The predicted octanol–water partition coefficient (Wildman–Crippen LogP) is -0.0675. The molecule has 4 heteroatoms. The van der Waals surface area contributed by atoms with Crippen molar-refractivity contribution in [1.82, 2.24) is 10.2 Å². The average Bonchev–Trinajstić information content (AvgIpc) is 2.01. The van der Waals surface area contributed by atoms with E-state index >= 15 is 0 Å². The third-order valence-electron chi connectivity index (χ3n) is 2.63. The van der Waals surface area contributed by atoms with Crippen molar-refractivity contribution < 1.29 is 4.79 Å². The summed E-state index contributed by atoms with van der Waals surface area (Å²) in [6, 6.07) is 0.192. The fourth-order valence-corrected chi connectivity index (χ4v) is 1.96. The molecular formula is C10H21N3O. The molecule has 1 rings (SSSR count). The molecule has 82 valence electrons. The van der Waals surface area contributed by atoms with Crippen LogP contribution in [0.25, 0.3) is 0 Å². The van der Waals surface area contributed by atoms with Gasteiger partial charge in [0.25, 0.3) is 0 Å². The van der Waals surface area contributed by atoms with E-state index in [9.17, 15) is 4.79 Å². The van der Waals surface area contributed by atoms with Gasteiger partial charge in [0, 0.05) is 24.7 Å². The Hall–Kier alpha value is -0.610. The minimum Gasteiger partial charge on any atom is -0.349 e. The van der Waals surface area contributed by atoms with E-state index in [2.05, 4.69) is 24.1 Å². The Labute approximate surface area is 85.8 Å². The summed E-state index contributed by atoms with van der Waals surface area (Å²) in [6.07, 6.45) is 0. The summed E-state index contributed by atoms with van der Waals surface area (Å²) in [4.78, 5) is 13.9. The van der Waals surface area contributed by atoms with Crippen molar-refractivity contribution in [3.63, 3.8) is 0 Å². The summed E-state index contributed by atoms with van der Waals surface area (Å²) in [5, 5.41) is 2.98. The molecule has 1 atom stereocenters. The molecule has 0 aromatic heterocycles. The molecule has 0 bridgehead atoms. The van der Waals surface area contributed by atoms with E-state index in [1.807, 2.05) is 13.8 Å². The van der Waals surface area contributed by atoms with Crippen LogP contribution >= 0.6 is 0 Å². The molecule has 14 heavy (non-hydrogen) atoms. The maximum absolute atomic E-state index is 11.7. The van der Waals surface area contributed by atoms with Crippen LogP contribution in [0.4, 0.5) is 0 Å². The maximum Gasteiger partial charge on any atom is 0.239 e. The molecular weight excluding hydrogens is 178 g/mol. The summed E-state index contributed by atoms with van der Waals surface area (Å²) in [5.41, 5.74) is 5.46. The van der Waals surface area contributed by atoms with Gasteiger partial charge in [-0.05, 0) is 27.7 Å². The van der Waals surface area contributed by atoms with Gasteiger partial charge in [0.15, 0.2) is 0 Å². The van der Waals surface area contributed by atoms with Crippen molar-refractivity contribution in [3.8, 4) is 0 Å². The zero-order chi connectivity index (χ0) is 10.9. The Morgan fingerprint density at radius 2 is 2.21 bits per heavy atom. The van der Waals surface area contributed by atoms with Crippen LogP contribution in [0.3, 0.4) is 0 Å². The van der Waals surface area contributed by atoms with Crippen molar-refractivity contribution in [1.29, 1.82) is 0 Å². The monoisotopic (exact) mass is 199 g/mol. The first-order valence-electron chi connectivity index (χ1n) is 5.15. The summed E-state index contributed by atoms with van der Waals surface area (Å²) in [7, 11) is 0. The number of piperazine rings is 1. The SMILES string of the molecule is CC(C)N1CC(C)(C)NC(=O)C1CN. The smallest absolute Gasteiger partial charge is 0.239 e. The van der Waals surface area contributed by atoms with E-state index in [0.717, 1.165) is 6.54 Å². The van der Waals surface area contributed by atoms with Crippen LogP contribution in [0.2, 0.25) is 0 Å². The van der Waals surface area contributed by atoms with Crippen LogP contribution in [0.15, 0.2) is 0 Å². The van der Waals surface area contributed by atoms with Crippen LogP contribution in [0.5, 0.6) is 0 Å². The standard InChI is InChI=1S/C10H21N3O/c1-7(2)13-6-10(3,4)12-9(14)8(13)5-11/h7-8H,5-6,11H2,1-4H3,(H,12,14). The van der Waals surface area contributed by atoms with Crippen LogP contribution < -0.4 is 11.1 Å². The van der Waals surface area contributed by atoms with Gasteiger partial charge < -0.3 is 11.1 Å². The van der Waals surface area contributed by atoms with Crippen molar-refractivity contribution in [2.24, 2.45) is 5.73 Å². The molecule has 0 aromatic carbocycles. The third-order valence-corrected chi connectivity index (χ3v) is 2.63. The van der Waals surface area contributed by atoms with E-state index in [1.165, 1.54) is 0 Å². The summed E-state index contributed by atoms with van der Waals surface area (Å²) in [5.74, 6) is 0.0532. The molecule has 0 spiro atoms. The molecule has 0 saturated carbocycles. The summed E-state index contributed by atoms with van der Waals surface area (Å²) < 4.78 is 0.